The quantitative estimate of drug-likeness (QED) is 0.811. The number of hydrogen-bond acceptors (Lipinski definition) is 3. The van der Waals surface area contributed by atoms with Crippen molar-refractivity contribution in [3.05, 3.63) is 35.9 Å². The van der Waals surface area contributed by atoms with E-state index in [1.54, 1.807) is 0 Å². The van der Waals surface area contributed by atoms with E-state index >= 15 is 0 Å². The third-order valence-electron chi connectivity index (χ3n) is 5.54. The number of likely N-dealkylation sites (tertiary alicyclic amines) is 1. The molecule has 1 aromatic rings. The van der Waals surface area contributed by atoms with Gasteiger partial charge in [-0.05, 0) is 50.3 Å². The van der Waals surface area contributed by atoms with E-state index in [0.29, 0.717) is 6.04 Å². The fourth-order valence-corrected chi connectivity index (χ4v) is 3.88. The van der Waals surface area contributed by atoms with Gasteiger partial charge in [0.05, 0.1) is 6.10 Å². The molecular formula is C20H32N2O. The smallest absolute Gasteiger partial charge is 0.0858 e. The average Bonchev–Trinajstić information content (AvgIpc) is 3.35. The maximum Gasteiger partial charge on any atom is 0.0858 e. The maximum atomic E-state index is 10.7. The average molecular weight is 316 g/mol. The molecule has 2 aliphatic rings. The number of benzene rings is 1. The van der Waals surface area contributed by atoms with Crippen LogP contribution in [0.15, 0.2) is 30.3 Å². The van der Waals surface area contributed by atoms with E-state index in [4.69, 9.17) is 0 Å². The Kier molecular flexibility index (Phi) is 5.40. The third kappa shape index (κ3) is 4.34. The molecule has 128 valence electrons. The Labute approximate surface area is 141 Å². The second-order valence-corrected chi connectivity index (χ2v) is 8.03. The molecule has 1 aromatic carbocycles. The number of nitrogens with one attached hydrogen (secondary N) is 1. The topological polar surface area (TPSA) is 35.5 Å². The summed E-state index contributed by atoms with van der Waals surface area (Å²) >= 11 is 0. The highest BCUT2D eigenvalue weighted by Crippen LogP contribution is 2.54. The molecule has 0 radical (unpaired) electrons. The van der Waals surface area contributed by atoms with Crippen LogP contribution in [-0.4, -0.2) is 42.2 Å². The fourth-order valence-electron chi connectivity index (χ4n) is 3.88. The minimum Gasteiger partial charge on any atom is -0.388 e. The summed E-state index contributed by atoms with van der Waals surface area (Å²) in [5, 5.41) is 14.5. The molecule has 1 saturated heterocycles. The summed E-state index contributed by atoms with van der Waals surface area (Å²) in [6.45, 7) is 9.20. The third-order valence-corrected chi connectivity index (χ3v) is 5.54. The largest absolute Gasteiger partial charge is 0.388 e. The van der Waals surface area contributed by atoms with Gasteiger partial charge >= 0.3 is 0 Å². The molecule has 1 aliphatic carbocycles. The highest BCUT2D eigenvalue weighted by molar-refractivity contribution is 5.22. The molecule has 1 atom stereocenters. The van der Waals surface area contributed by atoms with Crippen molar-refractivity contribution in [2.75, 3.05) is 26.2 Å². The molecule has 0 spiro atoms. The lowest BCUT2D eigenvalue weighted by Gasteiger charge is -2.34. The molecule has 3 nitrogen and oxygen atoms in total. The van der Waals surface area contributed by atoms with Gasteiger partial charge in [-0.15, -0.1) is 0 Å². The lowest BCUT2D eigenvalue weighted by molar-refractivity contribution is 0.0862. The molecule has 0 bridgehead atoms. The van der Waals surface area contributed by atoms with Gasteiger partial charge in [-0.2, -0.15) is 0 Å². The minimum absolute atomic E-state index is 0.0798. The van der Waals surface area contributed by atoms with Crippen LogP contribution in [0.1, 0.15) is 51.2 Å². The summed E-state index contributed by atoms with van der Waals surface area (Å²) in [5.74, 6) is 0.760. The van der Waals surface area contributed by atoms with E-state index in [-0.39, 0.29) is 11.5 Å². The number of aliphatic hydroxyl groups is 1. The van der Waals surface area contributed by atoms with Crippen LogP contribution in [0.2, 0.25) is 0 Å². The van der Waals surface area contributed by atoms with Crippen molar-refractivity contribution in [1.82, 2.24) is 10.2 Å². The zero-order valence-corrected chi connectivity index (χ0v) is 14.7. The van der Waals surface area contributed by atoms with Crippen LogP contribution in [0.3, 0.4) is 0 Å². The van der Waals surface area contributed by atoms with E-state index in [0.717, 1.165) is 30.9 Å². The summed E-state index contributed by atoms with van der Waals surface area (Å²) < 4.78 is 0. The zero-order valence-electron chi connectivity index (χ0n) is 14.7. The molecule has 0 amide bonds. The predicted molar refractivity (Wildman–Crippen MR) is 95.4 cm³/mol. The summed E-state index contributed by atoms with van der Waals surface area (Å²) in [7, 11) is 0. The number of hydrogen-bond donors (Lipinski definition) is 2. The molecular weight excluding hydrogens is 284 g/mol. The number of aliphatic hydroxyl groups excluding tert-OH is 1. The first kappa shape index (κ1) is 16.9. The lowest BCUT2D eigenvalue weighted by Crippen LogP contribution is -2.45. The van der Waals surface area contributed by atoms with Crippen LogP contribution in [0, 0.1) is 11.3 Å². The second kappa shape index (κ2) is 7.33. The van der Waals surface area contributed by atoms with Crippen LogP contribution in [-0.2, 0) is 0 Å². The standard InChI is InChI=1S/C20H32N2O/c1-16(2)14-22-12-8-18(9-13-22)21-15-20(10-11-20)19(23)17-6-4-3-5-7-17/h3-7,16,18-19,21,23H,8-15H2,1-2H3. The fraction of sp³-hybridized carbons (Fsp3) is 0.700. The van der Waals surface area contributed by atoms with Gasteiger partial charge in [0.15, 0.2) is 0 Å². The zero-order chi connectivity index (χ0) is 16.3. The molecule has 0 aromatic heterocycles. The molecule has 2 N–H and O–H groups in total. The van der Waals surface area contributed by atoms with Crippen LogP contribution in [0.5, 0.6) is 0 Å². The van der Waals surface area contributed by atoms with Gasteiger partial charge < -0.3 is 15.3 Å². The van der Waals surface area contributed by atoms with Crippen molar-refractivity contribution < 1.29 is 5.11 Å². The van der Waals surface area contributed by atoms with Crippen molar-refractivity contribution in [3.63, 3.8) is 0 Å². The molecule has 1 heterocycles. The van der Waals surface area contributed by atoms with Gasteiger partial charge in [0.2, 0.25) is 0 Å². The number of piperidine rings is 1. The molecule has 1 aliphatic heterocycles. The van der Waals surface area contributed by atoms with Crippen molar-refractivity contribution >= 4 is 0 Å². The first-order chi connectivity index (χ1) is 11.1. The molecule has 3 heteroatoms. The Morgan fingerprint density at radius 3 is 2.39 bits per heavy atom. The van der Waals surface area contributed by atoms with Gasteiger partial charge in [0, 0.05) is 24.5 Å². The van der Waals surface area contributed by atoms with E-state index in [1.807, 2.05) is 18.2 Å². The first-order valence-corrected chi connectivity index (χ1v) is 9.28. The Morgan fingerprint density at radius 2 is 1.83 bits per heavy atom. The van der Waals surface area contributed by atoms with Crippen LogP contribution in [0.25, 0.3) is 0 Å². The van der Waals surface area contributed by atoms with E-state index < -0.39 is 0 Å². The van der Waals surface area contributed by atoms with Crippen molar-refractivity contribution in [1.29, 1.82) is 0 Å². The van der Waals surface area contributed by atoms with Crippen LogP contribution < -0.4 is 5.32 Å². The summed E-state index contributed by atoms with van der Waals surface area (Å²) in [5.41, 5.74) is 1.15. The molecule has 1 saturated carbocycles. The van der Waals surface area contributed by atoms with Crippen LogP contribution in [0.4, 0.5) is 0 Å². The van der Waals surface area contributed by atoms with Crippen molar-refractivity contribution in [3.8, 4) is 0 Å². The van der Waals surface area contributed by atoms with E-state index in [1.165, 1.54) is 32.5 Å². The van der Waals surface area contributed by atoms with Crippen molar-refractivity contribution in [2.24, 2.45) is 11.3 Å². The Hall–Kier alpha value is -0.900. The highest BCUT2D eigenvalue weighted by Gasteiger charge is 2.49. The normalized spacial score (nSPS) is 23.1. The van der Waals surface area contributed by atoms with Gasteiger partial charge in [0.25, 0.3) is 0 Å². The molecule has 3 rings (SSSR count). The molecule has 23 heavy (non-hydrogen) atoms. The summed E-state index contributed by atoms with van der Waals surface area (Å²) in [4.78, 5) is 2.59. The van der Waals surface area contributed by atoms with Gasteiger partial charge in [-0.25, -0.2) is 0 Å². The van der Waals surface area contributed by atoms with Gasteiger partial charge in [-0.3, -0.25) is 0 Å². The predicted octanol–water partition coefficient (Wildman–Crippen LogP) is 3.21. The monoisotopic (exact) mass is 316 g/mol. The lowest BCUT2D eigenvalue weighted by atomic mass is 9.92. The van der Waals surface area contributed by atoms with E-state index in [9.17, 15) is 5.11 Å². The van der Waals surface area contributed by atoms with Crippen molar-refractivity contribution in [2.45, 2.75) is 51.7 Å². The summed E-state index contributed by atoms with van der Waals surface area (Å²) in [6.07, 6.45) is 4.44. The highest BCUT2D eigenvalue weighted by atomic mass is 16.3. The second-order valence-electron chi connectivity index (χ2n) is 8.03. The minimum atomic E-state index is -0.322. The first-order valence-electron chi connectivity index (χ1n) is 9.28. The molecule has 1 unspecified atom stereocenters. The molecule has 2 fully saturated rings. The number of nitrogens with zero attached hydrogens (tertiary/aromatic N) is 1. The Morgan fingerprint density at radius 1 is 1.17 bits per heavy atom. The Bertz CT molecular complexity index is 476. The summed E-state index contributed by atoms with van der Waals surface area (Å²) in [6, 6.07) is 10.8. The van der Waals surface area contributed by atoms with Gasteiger partial charge in [0.1, 0.15) is 0 Å². The van der Waals surface area contributed by atoms with Gasteiger partial charge in [-0.1, -0.05) is 44.2 Å². The SMILES string of the molecule is CC(C)CN1CCC(NCC2(C(O)c3ccccc3)CC2)CC1. The maximum absolute atomic E-state index is 10.7. The Balaban J connectivity index is 1.46. The van der Waals surface area contributed by atoms with E-state index in [2.05, 4.69) is 36.2 Å². The number of rotatable bonds is 7. The van der Waals surface area contributed by atoms with Crippen LogP contribution >= 0.6 is 0 Å².